The summed E-state index contributed by atoms with van der Waals surface area (Å²) in [6.07, 6.45) is 2.26. The maximum Gasteiger partial charge on any atom is 0.247 e. The number of nitrogens with one attached hydrogen (secondary N) is 1. The molecule has 0 saturated carbocycles. The molecule has 4 nitrogen and oxygen atoms in total. The number of nitrogens with zero attached hydrogens (tertiary/aromatic N) is 1. The Morgan fingerprint density at radius 3 is 2.62 bits per heavy atom. The fourth-order valence-electron chi connectivity index (χ4n) is 3.40. The molecule has 26 heavy (non-hydrogen) atoms. The van der Waals surface area contributed by atoms with E-state index in [1.807, 2.05) is 55.5 Å². The van der Waals surface area contributed by atoms with Gasteiger partial charge >= 0.3 is 0 Å². The van der Waals surface area contributed by atoms with Gasteiger partial charge in [0.2, 0.25) is 11.8 Å². The number of aryl methyl sites for hydroxylation is 1. The second-order valence-electron chi connectivity index (χ2n) is 6.92. The minimum absolute atomic E-state index is 0.0348. The maximum absolute atomic E-state index is 13.0. The SMILES string of the molecule is CCCCN1C(=O)Cc2ccccc2C1C(=O)NCc1ccc(C)cc1. The minimum Gasteiger partial charge on any atom is -0.350 e. The van der Waals surface area contributed by atoms with Gasteiger partial charge in [-0.2, -0.15) is 0 Å². The molecule has 0 fully saturated rings. The molecular weight excluding hydrogens is 324 g/mol. The number of benzene rings is 2. The largest absolute Gasteiger partial charge is 0.350 e. The first-order valence-electron chi connectivity index (χ1n) is 9.30. The van der Waals surface area contributed by atoms with Crippen molar-refractivity contribution in [1.29, 1.82) is 0 Å². The van der Waals surface area contributed by atoms with E-state index in [1.165, 1.54) is 5.56 Å². The number of carbonyl (C=O) groups is 2. The summed E-state index contributed by atoms with van der Waals surface area (Å²) in [5.74, 6) is -0.0742. The van der Waals surface area contributed by atoms with Crippen LogP contribution in [0.5, 0.6) is 0 Å². The zero-order chi connectivity index (χ0) is 18.5. The molecule has 136 valence electrons. The zero-order valence-electron chi connectivity index (χ0n) is 15.5. The molecule has 0 aliphatic carbocycles. The van der Waals surface area contributed by atoms with Crippen LogP contribution in [0, 0.1) is 6.92 Å². The van der Waals surface area contributed by atoms with Crippen molar-refractivity contribution in [2.24, 2.45) is 0 Å². The highest BCUT2D eigenvalue weighted by molar-refractivity contribution is 5.92. The Balaban J connectivity index is 1.81. The van der Waals surface area contributed by atoms with E-state index in [9.17, 15) is 9.59 Å². The summed E-state index contributed by atoms with van der Waals surface area (Å²) in [6, 6.07) is 15.4. The lowest BCUT2D eigenvalue weighted by molar-refractivity contribution is -0.141. The van der Waals surface area contributed by atoms with Gasteiger partial charge in [-0.3, -0.25) is 9.59 Å². The summed E-state index contributed by atoms with van der Waals surface area (Å²) >= 11 is 0. The van der Waals surface area contributed by atoms with Crippen LogP contribution in [0.1, 0.15) is 48.1 Å². The van der Waals surface area contributed by atoms with E-state index in [0.29, 0.717) is 19.5 Å². The van der Waals surface area contributed by atoms with Crippen LogP contribution in [0.25, 0.3) is 0 Å². The number of hydrogen-bond acceptors (Lipinski definition) is 2. The average molecular weight is 350 g/mol. The van der Waals surface area contributed by atoms with Gasteiger partial charge in [0, 0.05) is 13.1 Å². The van der Waals surface area contributed by atoms with Gasteiger partial charge in [0.05, 0.1) is 6.42 Å². The van der Waals surface area contributed by atoms with Crippen LogP contribution in [0.2, 0.25) is 0 Å². The number of unbranched alkanes of at least 4 members (excludes halogenated alkanes) is 1. The van der Waals surface area contributed by atoms with Gasteiger partial charge in [-0.15, -0.1) is 0 Å². The Bertz CT molecular complexity index is 783. The smallest absolute Gasteiger partial charge is 0.247 e. The second-order valence-corrected chi connectivity index (χ2v) is 6.92. The molecule has 1 aliphatic rings. The van der Waals surface area contributed by atoms with Crippen molar-refractivity contribution in [3.63, 3.8) is 0 Å². The molecule has 3 rings (SSSR count). The average Bonchev–Trinajstić information content (AvgIpc) is 2.65. The number of hydrogen-bond donors (Lipinski definition) is 1. The first kappa shape index (κ1) is 18.2. The third-order valence-corrected chi connectivity index (χ3v) is 4.91. The highest BCUT2D eigenvalue weighted by atomic mass is 16.2. The summed E-state index contributed by atoms with van der Waals surface area (Å²) < 4.78 is 0. The van der Waals surface area contributed by atoms with Gasteiger partial charge < -0.3 is 10.2 Å². The lowest BCUT2D eigenvalue weighted by Gasteiger charge is -2.36. The minimum atomic E-state index is -0.538. The van der Waals surface area contributed by atoms with Crippen molar-refractivity contribution >= 4 is 11.8 Å². The molecule has 2 aromatic carbocycles. The highest BCUT2D eigenvalue weighted by Crippen LogP contribution is 2.31. The van der Waals surface area contributed by atoms with Gasteiger partial charge in [-0.05, 0) is 30.0 Å². The zero-order valence-corrected chi connectivity index (χ0v) is 15.5. The number of carbonyl (C=O) groups excluding carboxylic acids is 2. The summed E-state index contributed by atoms with van der Waals surface area (Å²) in [6.45, 7) is 5.22. The topological polar surface area (TPSA) is 49.4 Å². The molecule has 1 aliphatic heterocycles. The van der Waals surface area contributed by atoms with Crippen molar-refractivity contribution in [3.8, 4) is 0 Å². The number of rotatable bonds is 6. The van der Waals surface area contributed by atoms with Gasteiger partial charge in [-0.25, -0.2) is 0 Å². The maximum atomic E-state index is 13.0. The third kappa shape index (κ3) is 3.96. The molecule has 0 spiro atoms. The molecule has 1 N–H and O–H groups in total. The molecule has 0 aromatic heterocycles. The van der Waals surface area contributed by atoms with Gasteiger partial charge in [-0.1, -0.05) is 67.4 Å². The summed E-state index contributed by atoms with van der Waals surface area (Å²) in [5, 5.41) is 3.02. The van der Waals surface area contributed by atoms with E-state index < -0.39 is 6.04 Å². The Morgan fingerprint density at radius 1 is 1.15 bits per heavy atom. The molecule has 2 aromatic rings. The van der Waals surface area contributed by atoms with E-state index in [2.05, 4.69) is 12.2 Å². The van der Waals surface area contributed by atoms with Crippen molar-refractivity contribution in [2.75, 3.05) is 6.54 Å². The fraction of sp³-hybridized carbons (Fsp3) is 0.364. The van der Waals surface area contributed by atoms with Crippen molar-refractivity contribution in [1.82, 2.24) is 10.2 Å². The van der Waals surface area contributed by atoms with Crippen molar-refractivity contribution in [2.45, 2.75) is 45.7 Å². The normalized spacial score (nSPS) is 16.3. The van der Waals surface area contributed by atoms with Crippen LogP contribution in [0.3, 0.4) is 0 Å². The third-order valence-electron chi connectivity index (χ3n) is 4.91. The number of fused-ring (bicyclic) bond motifs is 1. The Labute approximate surface area is 155 Å². The van der Waals surface area contributed by atoms with Crippen LogP contribution >= 0.6 is 0 Å². The van der Waals surface area contributed by atoms with Crippen LogP contribution < -0.4 is 5.32 Å². The predicted molar refractivity (Wildman–Crippen MR) is 103 cm³/mol. The first-order valence-corrected chi connectivity index (χ1v) is 9.30. The molecule has 0 bridgehead atoms. The van der Waals surface area contributed by atoms with E-state index >= 15 is 0 Å². The van der Waals surface area contributed by atoms with E-state index in [4.69, 9.17) is 0 Å². The number of amides is 2. The van der Waals surface area contributed by atoms with Crippen LogP contribution in [-0.4, -0.2) is 23.3 Å². The monoisotopic (exact) mass is 350 g/mol. The van der Waals surface area contributed by atoms with Crippen LogP contribution in [0.4, 0.5) is 0 Å². The molecule has 0 saturated heterocycles. The van der Waals surface area contributed by atoms with Crippen molar-refractivity contribution < 1.29 is 9.59 Å². The van der Waals surface area contributed by atoms with Crippen LogP contribution in [-0.2, 0) is 22.6 Å². The van der Waals surface area contributed by atoms with Crippen molar-refractivity contribution in [3.05, 3.63) is 70.8 Å². The van der Waals surface area contributed by atoms with E-state index in [1.54, 1.807) is 4.90 Å². The molecule has 4 heteroatoms. The lowest BCUT2D eigenvalue weighted by Crippen LogP contribution is -2.47. The summed E-state index contributed by atoms with van der Waals surface area (Å²) in [4.78, 5) is 27.4. The predicted octanol–water partition coefficient (Wildman–Crippen LogP) is 3.54. The standard InChI is InChI=1S/C22H26N2O2/c1-3-4-13-24-20(25)14-18-7-5-6-8-19(18)21(24)22(26)23-15-17-11-9-16(2)10-12-17/h5-12,21H,3-4,13-15H2,1-2H3,(H,23,26). The fourth-order valence-corrected chi connectivity index (χ4v) is 3.40. The molecular formula is C22H26N2O2. The lowest BCUT2D eigenvalue weighted by atomic mass is 9.91. The van der Waals surface area contributed by atoms with E-state index in [-0.39, 0.29) is 11.8 Å². The Morgan fingerprint density at radius 2 is 1.88 bits per heavy atom. The second kappa shape index (κ2) is 8.17. The molecule has 1 heterocycles. The van der Waals surface area contributed by atoms with Gasteiger partial charge in [0.1, 0.15) is 6.04 Å². The van der Waals surface area contributed by atoms with Gasteiger partial charge in [0.25, 0.3) is 0 Å². The van der Waals surface area contributed by atoms with E-state index in [0.717, 1.165) is 29.5 Å². The highest BCUT2D eigenvalue weighted by Gasteiger charge is 2.36. The molecule has 2 amide bonds. The summed E-state index contributed by atoms with van der Waals surface area (Å²) in [7, 11) is 0. The quantitative estimate of drug-likeness (QED) is 0.866. The van der Waals surface area contributed by atoms with Crippen LogP contribution in [0.15, 0.2) is 48.5 Å². The summed E-state index contributed by atoms with van der Waals surface area (Å²) in [5.41, 5.74) is 4.16. The molecule has 0 radical (unpaired) electrons. The Hall–Kier alpha value is -2.62. The first-order chi connectivity index (χ1) is 12.6. The van der Waals surface area contributed by atoms with Gasteiger partial charge in [0.15, 0.2) is 0 Å². The molecule has 1 unspecified atom stereocenters. The molecule has 1 atom stereocenters. The Kier molecular flexibility index (Phi) is 5.71.